The standard InChI is InChI=1S/C35H43.2ClH.Zr/c1-33(2,3)25-17-15-24(18-25)31-29-19-23-14-16-26(34(4,5)6)20-27(23)28(29)21-30(35(7,8)9)32(31)22-12-10-11-13-22;;;/h14,16-18,20-21H,10-13,15H2,1-9H3;2*1H;/q;;;+2/p-2. The van der Waals surface area contributed by atoms with Gasteiger partial charge in [0.2, 0.25) is 0 Å². The number of allylic oxidation sites excluding steroid dienone is 4. The molecule has 0 atom stereocenters. The van der Waals surface area contributed by atoms with E-state index in [4.69, 9.17) is 0 Å². The summed E-state index contributed by atoms with van der Waals surface area (Å²) in [5.41, 5.74) is 11.3. The molecule has 2 aromatic rings. The second kappa shape index (κ2) is 10.8. The monoisotopic (exact) mass is 623 g/mol. The maximum atomic E-state index is 2.61. The summed E-state index contributed by atoms with van der Waals surface area (Å²) >= 11 is 1.52. The molecule has 3 heteroatoms. The third-order valence-electron chi connectivity index (χ3n) is 8.45. The van der Waals surface area contributed by atoms with Crippen LogP contribution in [-0.4, -0.2) is 0 Å². The minimum absolute atomic E-state index is 0. The van der Waals surface area contributed by atoms with Crippen molar-refractivity contribution < 1.29 is 49.5 Å². The van der Waals surface area contributed by atoms with Crippen molar-refractivity contribution in [3.05, 3.63) is 85.1 Å². The fourth-order valence-electron chi connectivity index (χ4n) is 6.30. The van der Waals surface area contributed by atoms with Crippen LogP contribution in [0.15, 0.2) is 42.0 Å². The molecular weight excluding hydrogens is 583 g/mol. The van der Waals surface area contributed by atoms with Crippen molar-refractivity contribution >= 4 is 14.4 Å². The van der Waals surface area contributed by atoms with E-state index in [1.165, 1.54) is 77.2 Å². The van der Waals surface area contributed by atoms with Crippen molar-refractivity contribution in [2.75, 3.05) is 0 Å². The van der Waals surface area contributed by atoms with Crippen LogP contribution in [0, 0.1) is 15.9 Å². The number of hydrogen-bond acceptors (Lipinski definition) is 0. The first kappa shape index (κ1) is 31.6. The van der Waals surface area contributed by atoms with Crippen molar-refractivity contribution in [1.29, 1.82) is 0 Å². The van der Waals surface area contributed by atoms with E-state index in [2.05, 4.69) is 98.7 Å². The molecule has 38 heavy (non-hydrogen) atoms. The Labute approximate surface area is 258 Å². The maximum Gasteiger partial charge on any atom is -1.00 e. The Bertz CT molecular complexity index is 1540. The third-order valence-corrected chi connectivity index (χ3v) is 9.73. The summed E-state index contributed by atoms with van der Waals surface area (Å²) in [6.45, 7) is 21.3. The summed E-state index contributed by atoms with van der Waals surface area (Å²) in [5, 5.41) is 6.02. The van der Waals surface area contributed by atoms with Crippen molar-refractivity contribution in [2.45, 2.75) is 105 Å². The second-order valence-electron chi connectivity index (χ2n) is 14.3. The van der Waals surface area contributed by atoms with Gasteiger partial charge in [0, 0.05) is 0 Å². The molecule has 0 spiro atoms. The molecule has 0 amide bonds. The van der Waals surface area contributed by atoms with Gasteiger partial charge in [-0.3, -0.25) is 0 Å². The Morgan fingerprint density at radius 3 is 1.84 bits per heavy atom. The Balaban J connectivity index is 0.00000200. The van der Waals surface area contributed by atoms with Gasteiger partial charge in [0.15, 0.2) is 0 Å². The van der Waals surface area contributed by atoms with E-state index in [9.17, 15) is 0 Å². The van der Waals surface area contributed by atoms with Crippen LogP contribution in [0.5, 0.6) is 0 Å². The van der Waals surface area contributed by atoms with Crippen LogP contribution in [-0.2, 0) is 35.5 Å². The van der Waals surface area contributed by atoms with Crippen LogP contribution in [0.4, 0.5) is 0 Å². The molecule has 0 saturated heterocycles. The molecule has 1 fully saturated rings. The molecule has 0 aliphatic heterocycles. The largest absolute Gasteiger partial charge is 1.00 e. The first-order valence-corrected chi connectivity index (χ1v) is 15.1. The minimum Gasteiger partial charge on any atom is -1.00 e. The Morgan fingerprint density at radius 2 is 1.32 bits per heavy atom. The van der Waals surface area contributed by atoms with Crippen molar-refractivity contribution in [3.63, 3.8) is 0 Å². The molecule has 3 aliphatic carbocycles. The SMILES string of the molecule is CC(C)(C)C1=CCC(c2c3c(cc(C(C)(C)C)c2=C2CCCC2)=c2cc(C(C)(C)C)ccc2=[C]3[Zr+2])=C1.[Cl-].[Cl-]. The smallest absolute Gasteiger partial charge is 1.00 e. The molecule has 2 aromatic carbocycles. The van der Waals surface area contributed by atoms with Crippen molar-refractivity contribution in [2.24, 2.45) is 5.41 Å². The van der Waals surface area contributed by atoms with Gasteiger partial charge in [-0.05, 0) is 0 Å². The van der Waals surface area contributed by atoms with E-state index in [-0.39, 0.29) is 41.1 Å². The third kappa shape index (κ3) is 5.51. The van der Waals surface area contributed by atoms with E-state index in [0.29, 0.717) is 0 Å². The average Bonchev–Trinajstić information content (AvgIpc) is 3.51. The molecule has 0 heterocycles. The Kier molecular flexibility index (Phi) is 9.03. The zero-order chi connectivity index (χ0) is 26.2. The molecule has 5 rings (SSSR count). The van der Waals surface area contributed by atoms with Gasteiger partial charge in [0.1, 0.15) is 0 Å². The summed E-state index contributed by atoms with van der Waals surface area (Å²) in [5.74, 6) is 0. The summed E-state index contributed by atoms with van der Waals surface area (Å²) in [6, 6.07) is 9.91. The molecule has 0 radical (unpaired) electrons. The predicted octanol–water partition coefficient (Wildman–Crippen LogP) is 2.08. The van der Waals surface area contributed by atoms with Crippen LogP contribution in [0.2, 0.25) is 0 Å². The molecule has 0 bridgehead atoms. The van der Waals surface area contributed by atoms with Crippen molar-refractivity contribution in [3.8, 4) is 0 Å². The van der Waals surface area contributed by atoms with Gasteiger partial charge in [-0.25, -0.2) is 0 Å². The van der Waals surface area contributed by atoms with Crippen LogP contribution in [0.1, 0.15) is 117 Å². The van der Waals surface area contributed by atoms with Crippen molar-refractivity contribution in [1.82, 2.24) is 0 Å². The molecular formula is C35H43Cl2Zr. The first-order valence-electron chi connectivity index (χ1n) is 13.9. The van der Waals surface area contributed by atoms with E-state index >= 15 is 0 Å². The fourth-order valence-corrected chi connectivity index (χ4v) is 7.47. The normalized spacial score (nSPS) is 17.0. The molecule has 3 aliphatic rings. The number of halogens is 2. The maximum absolute atomic E-state index is 2.61. The first-order chi connectivity index (χ1) is 16.7. The van der Waals surface area contributed by atoms with Gasteiger partial charge in [0.25, 0.3) is 0 Å². The van der Waals surface area contributed by atoms with Gasteiger partial charge >= 0.3 is 235 Å². The summed E-state index contributed by atoms with van der Waals surface area (Å²) in [6.07, 6.45) is 11.3. The molecule has 0 aromatic heterocycles. The van der Waals surface area contributed by atoms with Gasteiger partial charge in [-0.15, -0.1) is 0 Å². The zero-order valence-electron chi connectivity index (χ0n) is 24.8. The Hall–Kier alpha value is -0.877. The second-order valence-corrected chi connectivity index (χ2v) is 15.6. The van der Waals surface area contributed by atoms with Crippen LogP contribution >= 0.6 is 0 Å². The quantitative estimate of drug-likeness (QED) is 0.456. The predicted molar refractivity (Wildman–Crippen MR) is 152 cm³/mol. The summed E-state index contributed by atoms with van der Waals surface area (Å²) < 4.78 is 1.55. The van der Waals surface area contributed by atoms with Crippen LogP contribution in [0.25, 0.3) is 14.4 Å². The number of fused-ring (bicyclic) bond motifs is 2. The van der Waals surface area contributed by atoms with E-state index in [1.54, 1.807) is 36.3 Å². The average molecular weight is 626 g/mol. The summed E-state index contributed by atoms with van der Waals surface area (Å²) in [7, 11) is 0. The Morgan fingerprint density at radius 1 is 0.684 bits per heavy atom. The number of rotatable bonds is 1. The van der Waals surface area contributed by atoms with E-state index in [0.717, 1.165) is 6.42 Å². The molecule has 0 unspecified atom stereocenters. The number of benzene rings is 2. The minimum atomic E-state index is 0. The molecule has 1 saturated carbocycles. The van der Waals surface area contributed by atoms with Gasteiger partial charge in [0.05, 0.1) is 0 Å². The molecule has 0 N–H and O–H groups in total. The molecule has 0 nitrogen and oxygen atoms in total. The van der Waals surface area contributed by atoms with Gasteiger partial charge in [-0.1, -0.05) is 0 Å². The van der Waals surface area contributed by atoms with Gasteiger partial charge < -0.3 is 24.8 Å². The van der Waals surface area contributed by atoms with Gasteiger partial charge in [-0.2, -0.15) is 0 Å². The molecule has 201 valence electrons. The zero-order valence-corrected chi connectivity index (χ0v) is 28.7. The van der Waals surface area contributed by atoms with Crippen LogP contribution in [0.3, 0.4) is 0 Å². The topological polar surface area (TPSA) is 0 Å². The summed E-state index contributed by atoms with van der Waals surface area (Å²) in [4.78, 5) is 0. The van der Waals surface area contributed by atoms with Crippen LogP contribution < -0.4 is 35.3 Å². The van der Waals surface area contributed by atoms with E-state index < -0.39 is 0 Å². The number of hydrogen-bond donors (Lipinski definition) is 0. The van der Waals surface area contributed by atoms with E-state index in [1.807, 2.05) is 0 Å². The fraction of sp³-hybridized carbons (Fsp3) is 0.486.